The fourth-order valence-electron chi connectivity index (χ4n) is 2.48. The summed E-state index contributed by atoms with van der Waals surface area (Å²) in [6, 6.07) is 7.16. The number of benzene rings is 1. The van der Waals surface area contributed by atoms with Crippen LogP contribution in [-0.4, -0.2) is 48.0 Å². The molecule has 0 atom stereocenters. The molecule has 0 aromatic heterocycles. The first-order valence-corrected chi connectivity index (χ1v) is 10.3. The molecule has 0 unspecified atom stereocenters. The molecule has 1 aromatic rings. The molecule has 1 saturated heterocycles. The van der Waals surface area contributed by atoms with Crippen LogP contribution in [0.25, 0.3) is 0 Å². The van der Waals surface area contributed by atoms with Crippen molar-refractivity contribution in [3.8, 4) is 5.75 Å². The normalized spacial score (nSPS) is 19.1. The number of halogens is 9. The summed E-state index contributed by atoms with van der Waals surface area (Å²) in [7, 11) is 1.57. The molecule has 1 aliphatic heterocycles. The van der Waals surface area contributed by atoms with E-state index in [-0.39, 0.29) is 13.3 Å². The zero-order chi connectivity index (χ0) is 19.9. The van der Waals surface area contributed by atoms with Gasteiger partial charge in [-0.15, -0.1) is 0 Å². The van der Waals surface area contributed by atoms with E-state index in [0.717, 1.165) is 5.69 Å². The highest BCUT2D eigenvalue weighted by Gasteiger charge is 2.56. The van der Waals surface area contributed by atoms with Crippen LogP contribution in [0.5, 0.6) is 5.75 Å². The van der Waals surface area contributed by atoms with Crippen LogP contribution in [0, 0.1) is 0 Å². The molecule has 1 aliphatic rings. The molecule has 13 heteroatoms. The van der Waals surface area contributed by atoms with Crippen LogP contribution in [0.1, 0.15) is 0 Å². The molecule has 0 N–H and O–H groups in total. The van der Waals surface area contributed by atoms with E-state index in [1.807, 2.05) is 12.1 Å². The Labute approximate surface area is 196 Å². The first-order valence-electron chi connectivity index (χ1n) is 6.88. The Balaban J connectivity index is 2.46. The lowest BCUT2D eigenvalue weighted by atomic mass is 10.2. The van der Waals surface area contributed by atoms with E-state index < -0.39 is 17.8 Å². The molecule has 1 aromatic carbocycles. The minimum atomic E-state index is -1.94. The van der Waals surface area contributed by atoms with Gasteiger partial charge < -0.3 is 9.64 Å². The second-order valence-corrected chi connectivity index (χ2v) is 12.1. The van der Waals surface area contributed by atoms with Gasteiger partial charge in [-0.3, -0.25) is 0 Å². The Morgan fingerprint density at radius 1 is 0.808 bits per heavy atom. The lowest BCUT2D eigenvalue weighted by Crippen LogP contribution is -2.70. The van der Waals surface area contributed by atoms with Gasteiger partial charge in [-0.05, 0) is 24.3 Å². The number of anilines is 1. The zero-order valence-electron chi connectivity index (χ0n) is 13.0. The van der Waals surface area contributed by atoms with E-state index in [1.165, 1.54) is 9.80 Å². The number of hydrogen-bond acceptors (Lipinski definition) is 4. The third kappa shape index (κ3) is 5.70. The maximum atomic E-state index is 6.11. The van der Waals surface area contributed by atoms with Gasteiger partial charge in [0.05, 0.1) is 20.4 Å². The maximum Gasteiger partial charge on any atom is 0.250 e. The maximum absolute atomic E-state index is 6.11. The van der Waals surface area contributed by atoms with Gasteiger partial charge in [0.25, 0.3) is 7.83 Å². The second kappa shape index (κ2) is 8.61. The van der Waals surface area contributed by atoms with Crippen LogP contribution in [0.4, 0.5) is 5.69 Å². The molecular weight excluding hydrogens is 533 g/mol. The van der Waals surface area contributed by atoms with Crippen molar-refractivity contribution in [3.63, 3.8) is 0 Å². The van der Waals surface area contributed by atoms with Gasteiger partial charge in [-0.1, -0.05) is 104 Å². The molecule has 1 heterocycles. The van der Waals surface area contributed by atoms with Gasteiger partial charge in [0.2, 0.25) is 3.79 Å². The quantitative estimate of drug-likeness (QED) is 0.317. The number of ether oxygens (including phenoxy) is 1. The summed E-state index contributed by atoms with van der Waals surface area (Å²) in [5, 5.41) is 0. The summed E-state index contributed by atoms with van der Waals surface area (Å²) in [5.74, 6) is 0.682. The van der Waals surface area contributed by atoms with Gasteiger partial charge in [-0.2, -0.15) is 0 Å². The van der Waals surface area contributed by atoms with Crippen molar-refractivity contribution in [3.05, 3.63) is 24.3 Å². The third-order valence-corrected chi connectivity index (χ3v) is 5.51. The molecule has 148 valence electrons. The fourth-order valence-corrected chi connectivity index (χ4v) is 4.07. The summed E-state index contributed by atoms with van der Waals surface area (Å²) in [5.41, 5.74) is 0.757. The van der Waals surface area contributed by atoms with Crippen molar-refractivity contribution in [2.75, 3.05) is 25.3 Å². The first-order chi connectivity index (χ1) is 11.7. The van der Waals surface area contributed by atoms with Gasteiger partial charge in [-0.25, -0.2) is 9.80 Å². The van der Waals surface area contributed by atoms with Gasteiger partial charge in [0, 0.05) is 5.69 Å². The highest BCUT2D eigenvalue weighted by Crippen LogP contribution is 2.49. The monoisotopic (exact) mass is 541 g/mol. The molecule has 0 spiro atoms. The molecule has 0 amide bonds. The molecule has 0 bridgehead atoms. The number of methoxy groups -OCH3 is 1. The van der Waals surface area contributed by atoms with E-state index in [2.05, 4.69) is 0 Å². The minimum absolute atomic E-state index is 0.0959. The van der Waals surface area contributed by atoms with Gasteiger partial charge >= 0.3 is 0 Å². The largest absolute Gasteiger partial charge is 0.497 e. The van der Waals surface area contributed by atoms with E-state index in [4.69, 9.17) is 109 Å². The summed E-state index contributed by atoms with van der Waals surface area (Å²) in [4.78, 5) is 4.37. The molecule has 1 fully saturated rings. The highest BCUT2D eigenvalue weighted by molar-refractivity contribution is 6.70. The SMILES string of the molecule is COc1ccc(N2CN(C(Cl)(Cl)Cl)C(C(Cl)(Cl)Cl)N(C(Cl)(Cl)Cl)C2)cc1. The van der Waals surface area contributed by atoms with Crippen molar-refractivity contribution in [2.24, 2.45) is 0 Å². The lowest BCUT2D eigenvalue weighted by Gasteiger charge is -2.54. The van der Waals surface area contributed by atoms with Crippen molar-refractivity contribution < 1.29 is 4.74 Å². The van der Waals surface area contributed by atoms with E-state index in [0.29, 0.717) is 5.75 Å². The first kappa shape index (κ1) is 23.6. The summed E-state index contributed by atoms with van der Waals surface area (Å²) in [6.45, 7) is 0.192. The van der Waals surface area contributed by atoms with Crippen molar-refractivity contribution >= 4 is 110 Å². The van der Waals surface area contributed by atoms with Gasteiger partial charge in [0.1, 0.15) is 11.9 Å². The van der Waals surface area contributed by atoms with Crippen LogP contribution in [0.2, 0.25) is 0 Å². The number of rotatable bonds is 2. The topological polar surface area (TPSA) is 19.0 Å². The molecule has 0 saturated carbocycles. The smallest absolute Gasteiger partial charge is 0.250 e. The van der Waals surface area contributed by atoms with Crippen LogP contribution in [0.15, 0.2) is 24.3 Å². The molecule has 26 heavy (non-hydrogen) atoms. The molecule has 0 radical (unpaired) electrons. The van der Waals surface area contributed by atoms with Crippen LogP contribution in [-0.2, 0) is 0 Å². The van der Waals surface area contributed by atoms with Crippen molar-refractivity contribution in [1.82, 2.24) is 9.80 Å². The standard InChI is InChI=1S/C13H12Cl9N3O/c1-26-9-4-2-8(3-5-9)23-6-24(12(17,18)19)10(11(14,15)16)25(7-23)13(20,21)22/h2-5,10H,6-7H2,1H3. The Hall–Kier alpha value is 1.35. The molecule has 4 nitrogen and oxygen atoms in total. The Morgan fingerprint density at radius 3 is 1.54 bits per heavy atom. The second-order valence-electron chi connectivity index (χ2n) is 5.31. The number of alkyl halides is 9. The summed E-state index contributed by atoms with van der Waals surface area (Å²) >= 11 is 55.0. The van der Waals surface area contributed by atoms with Crippen LogP contribution >= 0.6 is 104 Å². The molecule has 2 rings (SSSR count). The summed E-state index contributed by atoms with van der Waals surface area (Å²) < 4.78 is -0.653. The number of nitrogens with zero attached hydrogens (tertiary/aromatic N) is 3. The minimum Gasteiger partial charge on any atom is -0.497 e. The average Bonchev–Trinajstić information content (AvgIpc) is 2.51. The highest BCUT2D eigenvalue weighted by atomic mass is 35.6. The predicted octanol–water partition coefficient (Wildman–Crippen LogP) is 6.39. The molecule has 0 aliphatic carbocycles. The van der Waals surface area contributed by atoms with E-state index in [1.54, 1.807) is 24.1 Å². The zero-order valence-corrected chi connectivity index (χ0v) is 19.8. The Bertz CT molecular complexity index is 587. The van der Waals surface area contributed by atoms with E-state index >= 15 is 0 Å². The lowest BCUT2D eigenvalue weighted by molar-refractivity contribution is 0.00268. The Morgan fingerprint density at radius 2 is 1.23 bits per heavy atom. The third-order valence-electron chi connectivity index (χ3n) is 3.62. The Kier molecular flexibility index (Phi) is 7.82. The fraction of sp³-hybridized carbons (Fsp3) is 0.538. The average molecular weight is 545 g/mol. The molecular formula is C13H12Cl9N3O. The van der Waals surface area contributed by atoms with Crippen molar-refractivity contribution in [1.29, 1.82) is 0 Å². The van der Waals surface area contributed by atoms with Gasteiger partial charge in [0.15, 0.2) is 0 Å². The predicted molar refractivity (Wildman–Crippen MR) is 114 cm³/mol. The van der Waals surface area contributed by atoms with Crippen molar-refractivity contribution in [2.45, 2.75) is 17.8 Å². The van der Waals surface area contributed by atoms with Crippen LogP contribution in [0.3, 0.4) is 0 Å². The number of hydrogen-bond donors (Lipinski definition) is 0. The van der Waals surface area contributed by atoms with Crippen LogP contribution < -0.4 is 9.64 Å². The van der Waals surface area contributed by atoms with E-state index in [9.17, 15) is 0 Å². The summed E-state index contributed by atoms with van der Waals surface area (Å²) in [6.07, 6.45) is -1.12.